The van der Waals surface area contributed by atoms with E-state index in [1.165, 1.54) is 0 Å². The molecule has 0 saturated carbocycles. The summed E-state index contributed by atoms with van der Waals surface area (Å²) in [6, 6.07) is 13.3. The van der Waals surface area contributed by atoms with Gasteiger partial charge in [-0.25, -0.2) is 0 Å². The molecule has 0 aliphatic carbocycles. The summed E-state index contributed by atoms with van der Waals surface area (Å²) in [6.45, 7) is 1.98. The van der Waals surface area contributed by atoms with Gasteiger partial charge in [-0.15, -0.1) is 0 Å². The third-order valence-electron chi connectivity index (χ3n) is 4.22. The summed E-state index contributed by atoms with van der Waals surface area (Å²) >= 11 is 6.21. The minimum atomic E-state index is -0.0294. The molecular weight excluding hydrogens is 310 g/mol. The van der Waals surface area contributed by atoms with E-state index in [1.54, 1.807) is 12.1 Å². The summed E-state index contributed by atoms with van der Waals surface area (Å²) in [5.41, 5.74) is 9.08. The van der Waals surface area contributed by atoms with Crippen molar-refractivity contribution < 1.29 is 4.79 Å². The first-order chi connectivity index (χ1) is 11.1. The Labute approximate surface area is 141 Å². The maximum atomic E-state index is 13.0. The molecule has 0 saturated heterocycles. The summed E-state index contributed by atoms with van der Waals surface area (Å²) in [5, 5.41) is 0.540. The van der Waals surface area contributed by atoms with E-state index in [-0.39, 0.29) is 5.91 Å². The Morgan fingerprint density at radius 3 is 2.61 bits per heavy atom. The first kappa shape index (κ1) is 15.8. The first-order valence-corrected chi connectivity index (χ1v) is 8.10. The molecule has 0 unspecified atom stereocenters. The van der Waals surface area contributed by atoms with Crippen LogP contribution in [0.2, 0.25) is 5.02 Å². The Hall–Kier alpha value is -2.04. The van der Waals surface area contributed by atoms with Gasteiger partial charge in [0.05, 0.1) is 11.4 Å². The molecule has 4 nitrogen and oxygen atoms in total. The number of halogens is 1. The fourth-order valence-electron chi connectivity index (χ4n) is 2.93. The van der Waals surface area contributed by atoms with Crippen LogP contribution in [0.5, 0.6) is 0 Å². The molecule has 2 aromatic rings. The molecule has 0 atom stereocenters. The molecule has 2 aromatic carbocycles. The fraction of sp³-hybridized carbons (Fsp3) is 0.278. The van der Waals surface area contributed by atoms with Crippen LogP contribution in [-0.2, 0) is 6.54 Å². The van der Waals surface area contributed by atoms with E-state index in [1.807, 2.05) is 35.2 Å². The maximum absolute atomic E-state index is 13.0. The molecule has 0 radical (unpaired) electrons. The highest BCUT2D eigenvalue weighted by molar-refractivity contribution is 6.31. The van der Waals surface area contributed by atoms with E-state index in [2.05, 4.69) is 11.9 Å². The van der Waals surface area contributed by atoms with Crippen molar-refractivity contribution in [3.63, 3.8) is 0 Å². The van der Waals surface area contributed by atoms with Crippen LogP contribution in [0.25, 0.3) is 0 Å². The van der Waals surface area contributed by atoms with Crippen molar-refractivity contribution in [2.24, 2.45) is 5.73 Å². The number of hydrogen-bond donors (Lipinski definition) is 1. The van der Waals surface area contributed by atoms with E-state index >= 15 is 0 Å². The zero-order chi connectivity index (χ0) is 16.4. The molecule has 1 aliphatic heterocycles. The van der Waals surface area contributed by atoms with Gasteiger partial charge in [-0.1, -0.05) is 29.8 Å². The van der Waals surface area contributed by atoms with Gasteiger partial charge in [0.1, 0.15) is 0 Å². The highest BCUT2D eigenvalue weighted by atomic mass is 35.5. The SMILES string of the molecule is CN1CCCN(C(=O)c2ccc(CN)c(Cl)c2)c2ccccc21. The first-order valence-electron chi connectivity index (χ1n) is 7.72. The zero-order valence-corrected chi connectivity index (χ0v) is 13.9. The van der Waals surface area contributed by atoms with Crippen molar-refractivity contribution in [2.45, 2.75) is 13.0 Å². The van der Waals surface area contributed by atoms with Gasteiger partial charge in [-0.2, -0.15) is 0 Å². The minimum absolute atomic E-state index is 0.0294. The smallest absolute Gasteiger partial charge is 0.258 e. The molecule has 0 aromatic heterocycles. The van der Waals surface area contributed by atoms with Crippen molar-refractivity contribution in [3.8, 4) is 0 Å². The summed E-state index contributed by atoms with van der Waals surface area (Å²) in [5.74, 6) is -0.0294. The van der Waals surface area contributed by atoms with E-state index < -0.39 is 0 Å². The number of nitrogens with two attached hydrogens (primary N) is 1. The number of nitrogens with zero attached hydrogens (tertiary/aromatic N) is 2. The summed E-state index contributed by atoms with van der Waals surface area (Å²) in [6.07, 6.45) is 0.922. The second-order valence-corrected chi connectivity index (χ2v) is 6.14. The Morgan fingerprint density at radius 1 is 1.17 bits per heavy atom. The number of amides is 1. The van der Waals surface area contributed by atoms with Gasteiger partial charge >= 0.3 is 0 Å². The molecule has 0 spiro atoms. The average molecular weight is 330 g/mol. The van der Waals surface area contributed by atoms with Gasteiger partial charge in [0.15, 0.2) is 0 Å². The lowest BCUT2D eigenvalue weighted by molar-refractivity contribution is 0.0987. The van der Waals surface area contributed by atoms with Crippen LogP contribution in [-0.4, -0.2) is 26.0 Å². The van der Waals surface area contributed by atoms with Crippen LogP contribution in [0.15, 0.2) is 42.5 Å². The van der Waals surface area contributed by atoms with E-state index in [4.69, 9.17) is 17.3 Å². The Morgan fingerprint density at radius 2 is 1.91 bits per heavy atom. The average Bonchev–Trinajstić information content (AvgIpc) is 2.74. The third-order valence-corrected chi connectivity index (χ3v) is 4.58. The van der Waals surface area contributed by atoms with Crippen molar-refractivity contribution >= 4 is 28.9 Å². The molecular formula is C18H20ClN3O. The maximum Gasteiger partial charge on any atom is 0.258 e. The predicted octanol–water partition coefficient (Wildman–Crippen LogP) is 3.29. The highest BCUT2D eigenvalue weighted by Gasteiger charge is 2.24. The Kier molecular flexibility index (Phi) is 4.55. The summed E-state index contributed by atoms with van der Waals surface area (Å²) < 4.78 is 0. The lowest BCUT2D eigenvalue weighted by Gasteiger charge is -2.24. The normalized spacial score (nSPS) is 14.4. The van der Waals surface area contributed by atoms with E-state index in [9.17, 15) is 4.79 Å². The number of anilines is 2. The van der Waals surface area contributed by atoms with Gasteiger partial charge in [0.25, 0.3) is 5.91 Å². The van der Waals surface area contributed by atoms with Crippen molar-refractivity contribution in [1.82, 2.24) is 0 Å². The van der Waals surface area contributed by atoms with Crippen molar-refractivity contribution in [1.29, 1.82) is 0 Å². The Balaban J connectivity index is 1.99. The molecule has 0 bridgehead atoms. The highest BCUT2D eigenvalue weighted by Crippen LogP contribution is 2.32. The van der Waals surface area contributed by atoms with Crippen LogP contribution in [0, 0.1) is 0 Å². The van der Waals surface area contributed by atoms with Crippen LogP contribution in [0.4, 0.5) is 11.4 Å². The van der Waals surface area contributed by atoms with Gasteiger partial charge < -0.3 is 15.5 Å². The molecule has 3 rings (SSSR count). The van der Waals surface area contributed by atoms with Crippen LogP contribution < -0.4 is 15.5 Å². The molecule has 120 valence electrons. The quantitative estimate of drug-likeness (QED) is 0.919. The minimum Gasteiger partial charge on any atom is -0.373 e. The third kappa shape index (κ3) is 3.05. The van der Waals surface area contributed by atoms with E-state index in [0.29, 0.717) is 23.7 Å². The van der Waals surface area contributed by atoms with Crippen LogP contribution >= 0.6 is 11.6 Å². The number of rotatable bonds is 2. The van der Waals surface area contributed by atoms with Crippen molar-refractivity contribution in [2.75, 3.05) is 29.9 Å². The molecule has 1 aliphatic rings. The van der Waals surface area contributed by atoms with E-state index in [0.717, 1.165) is 29.9 Å². The zero-order valence-electron chi connectivity index (χ0n) is 13.1. The molecule has 23 heavy (non-hydrogen) atoms. The summed E-state index contributed by atoms with van der Waals surface area (Å²) in [7, 11) is 2.06. The lowest BCUT2D eigenvalue weighted by atomic mass is 10.1. The molecule has 2 N–H and O–H groups in total. The van der Waals surface area contributed by atoms with Crippen LogP contribution in [0.3, 0.4) is 0 Å². The molecule has 5 heteroatoms. The van der Waals surface area contributed by atoms with Gasteiger partial charge in [-0.05, 0) is 36.2 Å². The fourth-order valence-corrected chi connectivity index (χ4v) is 3.19. The summed E-state index contributed by atoms with van der Waals surface area (Å²) in [4.78, 5) is 17.0. The lowest BCUT2D eigenvalue weighted by Crippen LogP contribution is -2.31. The number of para-hydroxylation sites is 2. The standard InChI is InChI=1S/C18H20ClN3O/c1-21-9-4-10-22(17-6-3-2-5-16(17)21)18(23)13-7-8-14(12-20)15(19)11-13/h2-3,5-8,11H,4,9-10,12,20H2,1H3. The van der Waals surface area contributed by atoms with Gasteiger partial charge in [0.2, 0.25) is 0 Å². The van der Waals surface area contributed by atoms with Crippen LogP contribution in [0.1, 0.15) is 22.3 Å². The topological polar surface area (TPSA) is 49.6 Å². The molecule has 0 fully saturated rings. The predicted molar refractivity (Wildman–Crippen MR) is 95.3 cm³/mol. The largest absolute Gasteiger partial charge is 0.373 e. The monoisotopic (exact) mass is 329 g/mol. The Bertz CT molecular complexity index is 732. The number of benzene rings is 2. The van der Waals surface area contributed by atoms with Gasteiger partial charge in [-0.3, -0.25) is 4.79 Å². The molecule has 1 amide bonds. The number of carbonyl (C=O) groups excluding carboxylic acids is 1. The number of carbonyl (C=O) groups is 1. The second kappa shape index (κ2) is 6.60. The number of hydrogen-bond acceptors (Lipinski definition) is 3. The van der Waals surface area contributed by atoms with Crippen molar-refractivity contribution in [3.05, 3.63) is 58.6 Å². The van der Waals surface area contributed by atoms with Gasteiger partial charge in [0, 0.05) is 37.3 Å². The number of fused-ring (bicyclic) bond motifs is 1. The molecule has 1 heterocycles. The second-order valence-electron chi connectivity index (χ2n) is 5.73.